The summed E-state index contributed by atoms with van der Waals surface area (Å²) >= 11 is 0. The Morgan fingerprint density at radius 1 is 1.38 bits per heavy atom. The highest BCUT2D eigenvalue weighted by Crippen LogP contribution is 2.45. The van der Waals surface area contributed by atoms with Crippen molar-refractivity contribution in [3.05, 3.63) is 18.3 Å². The number of sulfonamides is 1. The molecule has 0 aromatic carbocycles. The monoisotopic (exact) mass is 352 g/mol. The molecule has 0 saturated heterocycles. The molecular weight excluding hydrogens is 328 g/mol. The number of rotatable bonds is 4. The third-order valence-corrected chi connectivity index (χ3v) is 6.01. The van der Waals surface area contributed by atoms with Gasteiger partial charge in [0.05, 0.1) is 11.5 Å². The predicted molar refractivity (Wildman–Crippen MR) is 90.8 cm³/mol. The molecule has 8 heteroatoms. The van der Waals surface area contributed by atoms with Crippen LogP contribution in [0.25, 0.3) is 11.0 Å². The van der Waals surface area contributed by atoms with Crippen LogP contribution in [0, 0.1) is 10.8 Å². The molecule has 0 amide bonds. The van der Waals surface area contributed by atoms with Crippen LogP contribution in [-0.4, -0.2) is 41.4 Å². The Morgan fingerprint density at radius 2 is 2.12 bits per heavy atom. The molecule has 132 valence electrons. The van der Waals surface area contributed by atoms with E-state index in [2.05, 4.69) is 33.8 Å². The van der Waals surface area contributed by atoms with Crippen LogP contribution in [0.2, 0.25) is 0 Å². The second kappa shape index (κ2) is 5.79. The molecule has 2 aromatic rings. The lowest BCUT2D eigenvalue weighted by molar-refractivity contribution is -0.00657. The van der Waals surface area contributed by atoms with E-state index in [0.29, 0.717) is 17.5 Å². The fraction of sp³-hybridized carbons (Fsp3) is 0.625. The number of H-pyrrole nitrogens is 1. The highest BCUT2D eigenvalue weighted by molar-refractivity contribution is 7.89. The number of aromatic amines is 1. The van der Waals surface area contributed by atoms with Gasteiger partial charge >= 0.3 is 0 Å². The van der Waals surface area contributed by atoms with E-state index in [1.54, 1.807) is 18.3 Å². The summed E-state index contributed by atoms with van der Waals surface area (Å²) in [6.45, 7) is 6.50. The number of hydrogen-bond acceptors (Lipinski definition) is 5. The van der Waals surface area contributed by atoms with E-state index in [0.717, 1.165) is 12.8 Å². The zero-order valence-corrected chi connectivity index (χ0v) is 15.0. The first kappa shape index (κ1) is 17.3. The molecule has 1 fully saturated rings. The Bertz CT molecular complexity index is 846. The maximum Gasteiger partial charge on any atom is 0.260 e. The number of fused-ring (bicyclic) bond motifs is 1. The molecule has 0 spiro atoms. The van der Waals surface area contributed by atoms with Crippen LogP contribution in [0.15, 0.2) is 23.4 Å². The maximum absolute atomic E-state index is 12.7. The standard InChI is InChI=1S/C16H24N4O3S/c1-15(2)7-11(21)8-16(3,9-15)10-18-24(22,23)14-12-5-4-6-17-13(12)19-20-14/h4-6,11,18,21H,7-10H2,1-3H3,(H,17,19,20). The smallest absolute Gasteiger partial charge is 0.260 e. The van der Waals surface area contributed by atoms with Crippen molar-refractivity contribution in [3.63, 3.8) is 0 Å². The lowest BCUT2D eigenvalue weighted by atomic mass is 9.63. The zero-order valence-electron chi connectivity index (χ0n) is 14.2. The highest BCUT2D eigenvalue weighted by atomic mass is 32.2. The topological polar surface area (TPSA) is 108 Å². The molecule has 0 bridgehead atoms. The lowest BCUT2D eigenvalue weighted by Gasteiger charge is -2.45. The van der Waals surface area contributed by atoms with Gasteiger partial charge in [-0.25, -0.2) is 18.1 Å². The second-order valence-electron chi connectivity index (χ2n) is 7.97. The molecule has 1 aliphatic carbocycles. The largest absolute Gasteiger partial charge is 0.393 e. The molecule has 2 heterocycles. The van der Waals surface area contributed by atoms with Gasteiger partial charge in [-0.2, -0.15) is 5.10 Å². The molecule has 2 aromatic heterocycles. The average Bonchev–Trinajstić information content (AvgIpc) is 2.87. The van der Waals surface area contributed by atoms with Gasteiger partial charge in [0.25, 0.3) is 10.0 Å². The number of nitrogens with one attached hydrogen (secondary N) is 2. The van der Waals surface area contributed by atoms with Crippen molar-refractivity contribution < 1.29 is 13.5 Å². The molecule has 2 unspecified atom stereocenters. The fourth-order valence-corrected chi connectivity index (χ4v) is 5.38. The van der Waals surface area contributed by atoms with Gasteiger partial charge < -0.3 is 5.11 Å². The molecule has 0 aliphatic heterocycles. The van der Waals surface area contributed by atoms with E-state index in [1.165, 1.54) is 0 Å². The second-order valence-corrected chi connectivity index (χ2v) is 9.65. The van der Waals surface area contributed by atoms with Gasteiger partial charge in [0.15, 0.2) is 5.65 Å². The van der Waals surface area contributed by atoms with Crippen molar-refractivity contribution in [1.29, 1.82) is 0 Å². The number of pyridine rings is 1. The summed E-state index contributed by atoms with van der Waals surface area (Å²) in [7, 11) is -3.75. The van der Waals surface area contributed by atoms with Crippen molar-refractivity contribution in [2.24, 2.45) is 10.8 Å². The molecule has 3 N–H and O–H groups in total. The molecule has 0 radical (unpaired) electrons. The first-order chi connectivity index (χ1) is 11.1. The van der Waals surface area contributed by atoms with Crippen LogP contribution < -0.4 is 4.72 Å². The van der Waals surface area contributed by atoms with Gasteiger partial charge in [-0.15, -0.1) is 0 Å². The minimum atomic E-state index is -3.75. The van der Waals surface area contributed by atoms with Crippen LogP contribution in [0.1, 0.15) is 40.0 Å². The number of aliphatic hydroxyl groups excluding tert-OH is 1. The maximum atomic E-state index is 12.7. The number of hydrogen-bond donors (Lipinski definition) is 3. The van der Waals surface area contributed by atoms with E-state index < -0.39 is 16.1 Å². The minimum absolute atomic E-state index is 0.0131. The van der Waals surface area contributed by atoms with Crippen molar-refractivity contribution in [2.45, 2.75) is 51.2 Å². The third kappa shape index (κ3) is 3.45. The van der Waals surface area contributed by atoms with Gasteiger partial charge in [0, 0.05) is 12.7 Å². The van der Waals surface area contributed by atoms with E-state index >= 15 is 0 Å². The Morgan fingerprint density at radius 3 is 2.83 bits per heavy atom. The summed E-state index contributed by atoms with van der Waals surface area (Å²) in [6.07, 6.45) is 3.35. The molecule has 1 saturated carbocycles. The van der Waals surface area contributed by atoms with Crippen molar-refractivity contribution >= 4 is 21.1 Å². The summed E-state index contributed by atoms with van der Waals surface area (Å²) in [5, 5.41) is 17.1. The summed E-state index contributed by atoms with van der Waals surface area (Å²) in [5.41, 5.74) is 0.137. The minimum Gasteiger partial charge on any atom is -0.393 e. The summed E-state index contributed by atoms with van der Waals surface area (Å²) in [5.74, 6) is 0. The van der Waals surface area contributed by atoms with Gasteiger partial charge in [-0.1, -0.05) is 20.8 Å². The SMILES string of the molecule is CC1(C)CC(O)CC(C)(CNS(=O)(=O)c2n[nH]c3ncccc23)C1. The van der Waals surface area contributed by atoms with Crippen LogP contribution in [0.3, 0.4) is 0 Å². The first-order valence-corrected chi connectivity index (χ1v) is 9.56. The van der Waals surface area contributed by atoms with Gasteiger partial charge in [0.1, 0.15) is 0 Å². The third-order valence-electron chi connectivity index (χ3n) is 4.67. The quantitative estimate of drug-likeness (QED) is 0.778. The summed E-state index contributed by atoms with van der Waals surface area (Å²) in [4.78, 5) is 4.06. The van der Waals surface area contributed by atoms with Gasteiger partial charge in [-0.3, -0.25) is 5.10 Å². The summed E-state index contributed by atoms with van der Waals surface area (Å²) in [6, 6.07) is 3.35. The normalized spacial score (nSPS) is 27.4. The molecule has 24 heavy (non-hydrogen) atoms. The highest BCUT2D eigenvalue weighted by Gasteiger charge is 2.41. The number of aliphatic hydroxyl groups is 1. The van der Waals surface area contributed by atoms with Crippen LogP contribution in [0.4, 0.5) is 0 Å². The molecule has 3 rings (SSSR count). The van der Waals surface area contributed by atoms with Crippen molar-refractivity contribution in [1.82, 2.24) is 19.9 Å². The molecule has 1 aliphatic rings. The molecule has 7 nitrogen and oxygen atoms in total. The summed E-state index contributed by atoms with van der Waals surface area (Å²) < 4.78 is 28.0. The Kier molecular flexibility index (Phi) is 4.17. The Hall–Kier alpha value is -1.51. The first-order valence-electron chi connectivity index (χ1n) is 8.07. The van der Waals surface area contributed by atoms with E-state index in [9.17, 15) is 13.5 Å². The van der Waals surface area contributed by atoms with E-state index in [1.807, 2.05) is 6.92 Å². The number of nitrogens with zero attached hydrogens (tertiary/aromatic N) is 2. The Labute approximate surface area is 141 Å². The van der Waals surface area contributed by atoms with Crippen molar-refractivity contribution in [2.75, 3.05) is 6.54 Å². The predicted octanol–water partition coefficient (Wildman–Crippen LogP) is 1.81. The van der Waals surface area contributed by atoms with Gasteiger partial charge in [0.2, 0.25) is 5.03 Å². The van der Waals surface area contributed by atoms with Crippen molar-refractivity contribution in [3.8, 4) is 0 Å². The van der Waals surface area contributed by atoms with E-state index in [4.69, 9.17) is 0 Å². The molecular formula is C16H24N4O3S. The van der Waals surface area contributed by atoms with Crippen LogP contribution >= 0.6 is 0 Å². The number of aromatic nitrogens is 3. The van der Waals surface area contributed by atoms with Crippen LogP contribution in [-0.2, 0) is 10.0 Å². The zero-order chi connectivity index (χ0) is 17.6. The lowest BCUT2D eigenvalue weighted by Crippen LogP contribution is -2.45. The molecule has 2 atom stereocenters. The van der Waals surface area contributed by atoms with Crippen LogP contribution in [0.5, 0.6) is 0 Å². The average molecular weight is 352 g/mol. The Balaban J connectivity index is 1.80. The van der Waals surface area contributed by atoms with E-state index in [-0.39, 0.29) is 22.4 Å². The van der Waals surface area contributed by atoms with Gasteiger partial charge in [-0.05, 0) is 42.2 Å². The fourth-order valence-electron chi connectivity index (χ4n) is 4.09.